The van der Waals surface area contributed by atoms with E-state index in [1.165, 1.54) is 24.3 Å². The van der Waals surface area contributed by atoms with Crippen LogP contribution in [0.3, 0.4) is 0 Å². The Kier molecular flexibility index (Phi) is 8.14. The molecule has 1 saturated carbocycles. The topological polar surface area (TPSA) is 127 Å². The first kappa shape index (κ1) is 31.7. The fraction of sp³-hybridized carbons (Fsp3) is 0.500. The Balaban J connectivity index is 0.00000405. The van der Waals surface area contributed by atoms with Crippen molar-refractivity contribution in [3.05, 3.63) is 54.2 Å². The molecule has 1 amide bonds. The first-order chi connectivity index (χ1) is 19.0. The van der Waals surface area contributed by atoms with Crippen LogP contribution >= 0.6 is 13.5 Å². The molecule has 2 aromatic heterocycles. The van der Waals surface area contributed by atoms with Crippen molar-refractivity contribution >= 4 is 35.2 Å². The summed E-state index contributed by atoms with van der Waals surface area (Å²) < 4.78 is 35.7. The fourth-order valence-corrected chi connectivity index (χ4v) is 7.17. The molecule has 228 valence electrons. The molecular formula is C30H41N5O5S2. The van der Waals surface area contributed by atoms with Crippen molar-refractivity contribution in [1.82, 2.24) is 19.5 Å². The van der Waals surface area contributed by atoms with Gasteiger partial charge in [-0.2, -0.15) is 13.5 Å². The van der Waals surface area contributed by atoms with Crippen molar-refractivity contribution in [1.29, 1.82) is 0 Å². The number of pyridine rings is 1. The minimum absolute atomic E-state index is 0. The SMILES string of the molecule is C[C@@H]1CN(c2nc(-n3ccc(OCC4C(C)(C)C4(C)C)n3)ccc2C(=O)NS(=O)(=O)c2ccc(O)cc2)C(C)(C)C1.S. The highest BCUT2D eigenvalue weighted by atomic mass is 32.2. The summed E-state index contributed by atoms with van der Waals surface area (Å²) in [6.45, 7) is 16.5. The third kappa shape index (κ3) is 5.70. The van der Waals surface area contributed by atoms with Gasteiger partial charge in [-0.3, -0.25) is 4.79 Å². The maximum atomic E-state index is 13.4. The lowest BCUT2D eigenvalue weighted by Crippen LogP contribution is -2.41. The molecule has 3 aromatic rings. The van der Waals surface area contributed by atoms with Gasteiger partial charge in [-0.1, -0.05) is 34.6 Å². The molecule has 2 fully saturated rings. The van der Waals surface area contributed by atoms with Crippen molar-refractivity contribution in [2.45, 2.75) is 65.3 Å². The third-order valence-electron chi connectivity index (χ3n) is 9.32. The number of rotatable bonds is 8. The van der Waals surface area contributed by atoms with E-state index >= 15 is 0 Å². The van der Waals surface area contributed by atoms with Crippen LogP contribution in [0.5, 0.6) is 11.6 Å². The van der Waals surface area contributed by atoms with Crippen LogP contribution in [0.1, 0.15) is 65.2 Å². The zero-order valence-electron chi connectivity index (χ0n) is 25.2. The van der Waals surface area contributed by atoms with Crippen molar-refractivity contribution in [2.24, 2.45) is 22.7 Å². The number of sulfonamides is 1. The zero-order chi connectivity index (χ0) is 30.0. The molecule has 1 atom stereocenters. The molecule has 0 spiro atoms. The zero-order valence-corrected chi connectivity index (χ0v) is 27.0. The molecule has 0 bridgehead atoms. The van der Waals surface area contributed by atoms with Crippen LogP contribution in [0.25, 0.3) is 5.82 Å². The van der Waals surface area contributed by atoms with Crippen LogP contribution in [-0.4, -0.2) is 52.9 Å². The van der Waals surface area contributed by atoms with Crippen LogP contribution in [0.2, 0.25) is 0 Å². The largest absolute Gasteiger partial charge is 0.508 e. The van der Waals surface area contributed by atoms with Gasteiger partial charge in [-0.15, -0.1) is 5.10 Å². The molecule has 1 saturated heterocycles. The predicted octanol–water partition coefficient (Wildman–Crippen LogP) is 4.89. The number of hydrogen-bond donors (Lipinski definition) is 2. The van der Waals surface area contributed by atoms with Gasteiger partial charge in [0.25, 0.3) is 15.9 Å². The second-order valence-corrected chi connectivity index (χ2v) is 14.8. The van der Waals surface area contributed by atoms with Gasteiger partial charge in [0.2, 0.25) is 5.88 Å². The Labute approximate surface area is 255 Å². The Bertz CT molecular complexity index is 1570. The molecule has 10 nitrogen and oxygen atoms in total. The van der Waals surface area contributed by atoms with Crippen LogP contribution in [0, 0.1) is 22.7 Å². The summed E-state index contributed by atoms with van der Waals surface area (Å²) in [5.74, 6) is 1.28. The number of carbonyl (C=O) groups is 1. The Hall–Kier alpha value is -3.25. The van der Waals surface area contributed by atoms with Crippen LogP contribution in [0.15, 0.2) is 53.6 Å². The lowest BCUT2D eigenvalue weighted by Gasteiger charge is -2.34. The highest BCUT2D eigenvalue weighted by Crippen LogP contribution is 2.68. The van der Waals surface area contributed by atoms with Gasteiger partial charge in [0.15, 0.2) is 5.82 Å². The smallest absolute Gasteiger partial charge is 0.268 e. The second kappa shape index (κ2) is 10.8. The van der Waals surface area contributed by atoms with Gasteiger partial charge >= 0.3 is 0 Å². The molecule has 1 aromatic carbocycles. The molecule has 5 rings (SSSR count). The van der Waals surface area contributed by atoms with Crippen molar-refractivity contribution in [2.75, 3.05) is 18.1 Å². The molecule has 1 aliphatic heterocycles. The molecule has 12 heteroatoms. The number of phenolic OH excluding ortho intramolecular Hbond substituents is 1. The maximum Gasteiger partial charge on any atom is 0.268 e. The Morgan fingerprint density at radius 1 is 1.05 bits per heavy atom. The van der Waals surface area contributed by atoms with Gasteiger partial charge in [0.1, 0.15) is 11.6 Å². The summed E-state index contributed by atoms with van der Waals surface area (Å²) in [4.78, 5) is 20.2. The van der Waals surface area contributed by atoms with Crippen LogP contribution in [0.4, 0.5) is 5.82 Å². The molecule has 2 aliphatic rings. The number of aromatic hydroxyl groups is 1. The number of nitrogens with one attached hydrogen (secondary N) is 1. The monoisotopic (exact) mass is 615 g/mol. The van der Waals surface area contributed by atoms with Gasteiger partial charge in [-0.05, 0) is 73.4 Å². The van der Waals surface area contributed by atoms with E-state index < -0.39 is 15.9 Å². The summed E-state index contributed by atoms with van der Waals surface area (Å²) in [6, 6.07) is 9.99. The number of amides is 1. The molecule has 1 aliphatic carbocycles. The molecular weight excluding hydrogens is 574 g/mol. The van der Waals surface area contributed by atoms with E-state index in [1.54, 1.807) is 29.1 Å². The van der Waals surface area contributed by atoms with Gasteiger partial charge in [0, 0.05) is 30.3 Å². The molecule has 2 N–H and O–H groups in total. The number of carbonyl (C=O) groups excluding carboxylic acids is 1. The second-order valence-electron chi connectivity index (χ2n) is 13.1. The number of aromatic nitrogens is 3. The minimum Gasteiger partial charge on any atom is -0.508 e. The normalized spacial score (nSPS) is 20.5. The number of ether oxygens (including phenoxy) is 1. The number of phenols is 1. The highest BCUT2D eigenvalue weighted by molar-refractivity contribution is 7.90. The van der Waals surface area contributed by atoms with Crippen LogP contribution < -0.4 is 14.4 Å². The van der Waals surface area contributed by atoms with E-state index in [9.17, 15) is 18.3 Å². The lowest BCUT2D eigenvalue weighted by atomic mass is 9.97. The number of hydrogen-bond acceptors (Lipinski definition) is 8. The summed E-state index contributed by atoms with van der Waals surface area (Å²) in [5, 5.41) is 14.1. The molecule has 0 radical (unpaired) electrons. The predicted molar refractivity (Wildman–Crippen MR) is 166 cm³/mol. The molecule has 0 unspecified atom stereocenters. The maximum absolute atomic E-state index is 13.4. The average Bonchev–Trinajstić information content (AvgIpc) is 3.26. The summed E-state index contributed by atoms with van der Waals surface area (Å²) in [7, 11) is -4.18. The van der Waals surface area contributed by atoms with E-state index in [0.717, 1.165) is 6.42 Å². The standard InChI is InChI=1S/C30H39N5O5S.H2S/c1-19-16-28(2,3)34(17-19)26-22(27(37)33-41(38,39)21-10-8-20(36)9-11-21)12-13-24(31-26)35-15-14-25(32-35)40-18-23-29(4,5)30(23,6)7;/h8-15,19,23,36H,16-18H2,1-7H3,(H,33,37);1H2/t19-;/m0./s1. The Morgan fingerprint density at radius 2 is 1.69 bits per heavy atom. The van der Waals surface area contributed by atoms with Gasteiger partial charge in [-0.25, -0.2) is 22.8 Å². The average molecular weight is 616 g/mol. The quantitative estimate of drug-likeness (QED) is 0.367. The minimum atomic E-state index is -4.18. The summed E-state index contributed by atoms with van der Waals surface area (Å²) in [5.41, 5.74) is 0.244. The van der Waals surface area contributed by atoms with Gasteiger partial charge in [0.05, 0.1) is 17.1 Å². The van der Waals surface area contributed by atoms with E-state index in [2.05, 4.69) is 63.2 Å². The summed E-state index contributed by atoms with van der Waals surface area (Å²) in [6.07, 6.45) is 2.65. The fourth-order valence-electron chi connectivity index (χ4n) is 6.20. The highest BCUT2D eigenvalue weighted by Gasteiger charge is 2.64. The van der Waals surface area contributed by atoms with E-state index in [1.807, 2.05) is 0 Å². The van der Waals surface area contributed by atoms with E-state index in [4.69, 9.17) is 9.72 Å². The number of anilines is 1. The first-order valence-corrected chi connectivity index (χ1v) is 15.3. The van der Waals surface area contributed by atoms with Crippen molar-refractivity contribution < 1.29 is 23.1 Å². The molecule has 3 heterocycles. The van der Waals surface area contributed by atoms with Crippen molar-refractivity contribution in [3.63, 3.8) is 0 Å². The van der Waals surface area contributed by atoms with Crippen LogP contribution in [-0.2, 0) is 10.0 Å². The Morgan fingerprint density at radius 3 is 2.26 bits per heavy atom. The first-order valence-electron chi connectivity index (χ1n) is 13.9. The summed E-state index contributed by atoms with van der Waals surface area (Å²) >= 11 is 0. The van der Waals surface area contributed by atoms with Crippen molar-refractivity contribution in [3.8, 4) is 17.4 Å². The lowest BCUT2D eigenvalue weighted by molar-refractivity contribution is 0.0981. The van der Waals surface area contributed by atoms with E-state index in [0.29, 0.717) is 42.5 Å². The van der Waals surface area contributed by atoms with E-state index in [-0.39, 0.29) is 46.1 Å². The molecule has 42 heavy (non-hydrogen) atoms. The number of nitrogens with zero attached hydrogens (tertiary/aromatic N) is 4. The third-order valence-corrected chi connectivity index (χ3v) is 10.7. The number of benzene rings is 1. The van der Waals surface area contributed by atoms with Gasteiger partial charge < -0.3 is 14.7 Å².